The topological polar surface area (TPSA) is 85.0 Å². The average Bonchev–Trinajstić information content (AvgIpc) is 2.98. The fourth-order valence-corrected chi connectivity index (χ4v) is 3.35. The zero-order valence-electron chi connectivity index (χ0n) is 15.5. The molecule has 1 aromatic carbocycles. The second-order valence-corrected chi connectivity index (χ2v) is 6.47. The number of fused-ring (bicyclic) bond motifs is 1. The van der Waals surface area contributed by atoms with Crippen LogP contribution in [0.5, 0.6) is 0 Å². The normalized spacial score (nSPS) is 10.6. The lowest BCUT2D eigenvalue weighted by Crippen LogP contribution is -2.08. The number of Topliss-reactive ketones (excluding diaryl/α,β-unsaturated/α-hetero) is 1. The van der Waals surface area contributed by atoms with Crippen molar-refractivity contribution in [2.24, 2.45) is 0 Å². The molecule has 6 nitrogen and oxygen atoms in total. The van der Waals surface area contributed by atoms with Crippen LogP contribution in [-0.2, 0) is 16.0 Å². The summed E-state index contributed by atoms with van der Waals surface area (Å²) >= 11 is 5.80. The van der Waals surface area contributed by atoms with E-state index in [4.69, 9.17) is 21.6 Å². The summed E-state index contributed by atoms with van der Waals surface area (Å²) in [6.07, 6.45) is 1.67. The molecule has 0 fully saturated rings. The number of hydrogen-bond acceptors (Lipinski definition) is 5. The molecule has 0 N–H and O–H groups in total. The Morgan fingerprint density at radius 3 is 2.61 bits per heavy atom. The Bertz CT molecular complexity index is 1090. The number of rotatable bonds is 6. The highest BCUT2D eigenvalue weighted by Gasteiger charge is 2.22. The van der Waals surface area contributed by atoms with Crippen molar-refractivity contribution in [2.75, 3.05) is 12.5 Å². The number of esters is 1. The molecule has 0 saturated heterocycles. The Balaban J connectivity index is 2.21. The summed E-state index contributed by atoms with van der Waals surface area (Å²) in [5.74, 6) is -0.712. The molecule has 2 heterocycles. The number of ketones is 1. The van der Waals surface area contributed by atoms with Crippen molar-refractivity contribution in [1.82, 2.24) is 9.55 Å². The van der Waals surface area contributed by atoms with Crippen LogP contribution >= 0.6 is 11.6 Å². The number of nitrogens with zero attached hydrogens (tertiary/aromatic N) is 3. The molecule has 2 aromatic heterocycles. The average molecular weight is 396 g/mol. The molecule has 3 aromatic rings. The number of alkyl halides is 1. The van der Waals surface area contributed by atoms with Crippen molar-refractivity contribution >= 4 is 34.4 Å². The lowest BCUT2D eigenvalue weighted by atomic mass is 10.1. The summed E-state index contributed by atoms with van der Waals surface area (Å²) in [6, 6.07) is 10.9. The van der Waals surface area contributed by atoms with Crippen LogP contribution in [0.1, 0.15) is 34.1 Å². The number of carbonyl (C=O) groups is 2. The Morgan fingerprint density at radius 1 is 1.29 bits per heavy atom. The van der Waals surface area contributed by atoms with Gasteiger partial charge in [-0.1, -0.05) is 0 Å². The third-order valence-corrected chi connectivity index (χ3v) is 4.65. The van der Waals surface area contributed by atoms with Gasteiger partial charge in [-0.05, 0) is 49.7 Å². The van der Waals surface area contributed by atoms with E-state index in [0.717, 1.165) is 5.69 Å². The van der Waals surface area contributed by atoms with E-state index in [0.29, 0.717) is 40.0 Å². The number of hydrogen-bond donors (Lipinski definition) is 0. The first-order chi connectivity index (χ1) is 13.5. The van der Waals surface area contributed by atoms with Crippen molar-refractivity contribution in [3.8, 4) is 11.8 Å². The van der Waals surface area contributed by atoms with Crippen LogP contribution in [0.3, 0.4) is 0 Å². The second-order valence-electron chi connectivity index (χ2n) is 6.20. The Labute approximate surface area is 167 Å². The molecule has 0 radical (unpaired) electrons. The molecule has 0 unspecified atom stereocenters. The fraction of sp³-hybridized carbons (Fsp3) is 0.238. The van der Waals surface area contributed by atoms with E-state index in [1.54, 1.807) is 37.4 Å². The summed E-state index contributed by atoms with van der Waals surface area (Å²) in [7, 11) is 0. The van der Waals surface area contributed by atoms with Gasteiger partial charge >= 0.3 is 5.97 Å². The number of ether oxygens (including phenoxy) is 1. The summed E-state index contributed by atoms with van der Waals surface area (Å²) < 4.78 is 6.89. The highest BCUT2D eigenvalue weighted by Crippen LogP contribution is 2.29. The third kappa shape index (κ3) is 3.62. The third-order valence-electron chi connectivity index (χ3n) is 4.41. The first kappa shape index (κ1) is 19.6. The molecule has 7 heteroatoms. The minimum absolute atomic E-state index is 0.0904. The van der Waals surface area contributed by atoms with Gasteiger partial charge in [0.15, 0.2) is 5.78 Å². The van der Waals surface area contributed by atoms with Gasteiger partial charge in [-0.2, -0.15) is 5.26 Å². The molecule has 0 spiro atoms. The van der Waals surface area contributed by atoms with Crippen LogP contribution in [0.25, 0.3) is 16.7 Å². The maximum Gasteiger partial charge on any atom is 0.310 e. The molecule has 0 aliphatic rings. The van der Waals surface area contributed by atoms with Crippen LogP contribution in [-0.4, -0.2) is 33.8 Å². The lowest BCUT2D eigenvalue weighted by molar-refractivity contribution is -0.142. The van der Waals surface area contributed by atoms with Gasteiger partial charge in [-0.3, -0.25) is 14.6 Å². The lowest BCUT2D eigenvalue weighted by Gasteiger charge is -2.09. The van der Waals surface area contributed by atoms with E-state index in [9.17, 15) is 9.59 Å². The number of carbonyl (C=O) groups excluding carboxylic acids is 2. The second kappa shape index (κ2) is 8.24. The van der Waals surface area contributed by atoms with Crippen molar-refractivity contribution in [1.29, 1.82) is 5.26 Å². The fourth-order valence-electron chi connectivity index (χ4n) is 3.22. The van der Waals surface area contributed by atoms with Gasteiger partial charge in [0.25, 0.3) is 0 Å². The maximum absolute atomic E-state index is 12.4. The Hall–Kier alpha value is -3.17. The van der Waals surface area contributed by atoms with E-state index in [2.05, 4.69) is 11.1 Å². The number of aromatic nitrogens is 2. The zero-order valence-corrected chi connectivity index (χ0v) is 16.3. The molecular weight excluding hydrogens is 378 g/mol. The van der Waals surface area contributed by atoms with Gasteiger partial charge < -0.3 is 9.30 Å². The highest BCUT2D eigenvalue weighted by atomic mass is 35.5. The monoisotopic (exact) mass is 395 g/mol. The first-order valence-electron chi connectivity index (χ1n) is 8.75. The minimum Gasteiger partial charge on any atom is -0.466 e. The summed E-state index contributed by atoms with van der Waals surface area (Å²) in [4.78, 5) is 28.7. The Morgan fingerprint density at radius 2 is 2.00 bits per heavy atom. The zero-order chi connectivity index (χ0) is 20.3. The van der Waals surface area contributed by atoms with E-state index in [-0.39, 0.29) is 24.1 Å². The van der Waals surface area contributed by atoms with Crippen molar-refractivity contribution < 1.29 is 14.3 Å². The van der Waals surface area contributed by atoms with Crippen LogP contribution in [0.4, 0.5) is 0 Å². The van der Waals surface area contributed by atoms with E-state index < -0.39 is 0 Å². The predicted molar refractivity (Wildman–Crippen MR) is 106 cm³/mol. The molecule has 0 aliphatic heterocycles. The molecule has 0 saturated carbocycles. The smallest absolute Gasteiger partial charge is 0.310 e. The molecule has 0 atom stereocenters. The molecule has 0 amide bonds. The van der Waals surface area contributed by atoms with Crippen LogP contribution < -0.4 is 0 Å². The number of nitriles is 1. The summed E-state index contributed by atoms with van der Waals surface area (Å²) in [5.41, 5.74) is 4.38. The van der Waals surface area contributed by atoms with Gasteiger partial charge in [0.05, 0.1) is 47.1 Å². The first-order valence-corrected chi connectivity index (χ1v) is 9.28. The Kier molecular flexibility index (Phi) is 5.76. The minimum atomic E-state index is -0.339. The maximum atomic E-state index is 12.4. The molecule has 28 heavy (non-hydrogen) atoms. The van der Waals surface area contributed by atoms with E-state index in [1.807, 2.05) is 17.6 Å². The number of pyridine rings is 1. The SMILES string of the molecule is CCOC(=O)Cc1cnc2c(C(=O)CCl)c(C)n(-c3ccc(C#N)cc3)c2c1. The standard InChI is InChI=1S/C21H18ClN3O3/c1-3-28-19(27)9-15-8-17-21(24-12-15)20(18(26)10-22)13(2)25(17)16-6-4-14(11-23)5-7-16/h4-8,12H,3,9-10H2,1-2H3. The van der Waals surface area contributed by atoms with Crippen molar-refractivity contribution in [2.45, 2.75) is 20.3 Å². The van der Waals surface area contributed by atoms with Crippen LogP contribution in [0, 0.1) is 18.3 Å². The molecule has 3 rings (SSSR count). The van der Waals surface area contributed by atoms with Gasteiger partial charge in [0.1, 0.15) is 0 Å². The van der Waals surface area contributed by atoms with Gasteiger partial charge in [0, 0.05) is 17.6 Å². The van der Waals surface area contributed by atoms with Crippen LogP contribution in [0.2, 0.25) is 0 Å². The molecule has 0 aliphatic carbocycles. The van der Waals surface area contributed by atoms with Crippen molar-refractivity contribution in [3.05, 3.63) is 58.9 Å². The highest BCUT2D eigenvalue weighted by molar-refractivity contribution is 6.32. The predicted octanol–water partition coefficient (Wildman–Crippen LogP) is 3.73. The number of benzene rings is 1. The van der Waals surface area contributed by atoms with E-state index in [1.165, 1.54) is 0 Å². The van der Waals surface area contributed by atoms with Gasteiger partial charge in [-0.25, -0.2) is 0 Å². The van der Waals surface area contributed by atoms with E-state index >= 15 is 0 Å². The van der Waals surface area contributed by atoms with Gasteiger partial charge in [-0.15, -0.1) is 11.6 Å². The molecule has 142 valence electrons. The van der Waals surface area contributed by atoms with Crippen LogP contribution in [0.15, 0.2) is 36.5 Å². The quantitative estimate of drug-likeness (QED) is 0.360. The summed E-state index contributed by atoms with van der Waals surface area (Å²) in [6.45, 7) is 3.89. The van der Waals surface area contributed by atoms with Crippen molar-refractivity contribution in [3.63, 3.8) is 0 Å². The summed E-state index contributed by atoms with van der Waals surface area (Å²) in [5, 5.41) is 9.03. The van der Waals surface area contributed by atoms with Gasteiger partial charge in [0.2, 0.25) is 0 Å². The largest absolute Gasteiger partial charge is 0.466 e. The molecule has 0 bridgehead atoms. The number of halogens is 1. The molecular formula is C21H18ClN3O3.